The van der Waals surface area contributed by atoms with Gasteiger partial charge in [0.1, 0.15) is 0 Å². The zero-order valence-corrected chi connectivity index (χ0v) is 11.9. The van der Waals surface area contributed by atoms with Gasteiger partial charge >= 0.3 is 0 Å². The van der Waals surface area contributed by atoms with Crippen LogP contribution in [0, 0.1) is 0 Å². The molecule has 0 rings (SSSR count). The molecule has 0 aliphatic heterocycles. The highest BCUT2D eigenvalue weighted by Crippen LogP contribution is 2.08. The molecule has 2 heteroatoms. The summed E-state index contributed by atoms with van der Waals surface area (Å²) in [6.45, 7) is 5.16. The van der Waals surface area contributed by atoms with E-state index >= 15 is 0 Å². The Labute approximate surface area is 108 Å². The lowest BCUT2D eigenvalue weighted by Crippen LogP contribution is -2.12. The Morgan fingerprint density at radius 1 is 0.765 bits per heavy atom. The van der Waals surface area contributed by atoms with Crippen molar-refractivity contribution in [1.29, 1.82) is 0 Å². The van der Waals surface area contributed by atoms with Crippen molar-refractivity contribution in [3.63, 3.8) is 0 Å². The maximum Gasteiger partial charge on any atom is 0.154 e. The highest BCUT2D eigenvalue weighted by Gasteiger charge is 2.02. The normalized spacial score (nSPS) is 12.9. The quantitative estimate of drug-likeness (QED) is 0.377. The van der Waals surface area contributed by atoms with Crippen LogP contribution in [0.25, 0.3) is 0 Å². The molecule has 1 unspecified atom stereocenters. The summed E-state index contributed by atoms with van der Waals surface area (Å²) in [5, 5.41) is 9.57. The van der Waals surface area contributed by atoms with Gasteiger partial charge in [0.2, 0.25) is 0 Å². The average Bonchev–Trinajstić information content (AvgIpc) is 2.33. The fraction of sp³-hybridized carbons (Fsp3) is 1.00. The molecule has 0 fully saturated rings. The number of unbranched alkanes of at least 4 members (excludes halogenated alkanes) is 8. The lowest BCUT2D eigenvalue weighted by atomic mass is 10.1. The van der Waals surface area contributed by atoms with Gasteiger partial charge in [-0.3, -0.25) is 0 Å². The molecule has 0 aliphatic rings. The van der Waals surface area contributed by atoms with Crippen molar-refractivity contribution in [1.82, 2.24) is 0 Å². The van der Waals surface area contributed by atoms with Gasteiger partial charge in [0.25, 0.3) is 0 Å². The Kier molecular flexibility index (Phi) is 13.9. The highest BCUT2D eigenvalue weighted by atomic mass is 16.6. The molecular weight excluding hydrogens is 212 g/mol. The second kappa shape index (κ2) is 14.0. The van der Waals surface area contributed by atoms with Crippen LogP contribution in [0.5, 0.6) is 0 Å². The Morgan fingerprint density at radius 3 is 1.94 bits per heavy atom. The molecule has 1 atom stereocenters. The molecule has 0 spiro atoms. The van der Waals surface area contributed by atoms with Gasteiger partial charge in [-0.2, -0.15) is 0 Å². The average molecular weight is 244 g/mol. The van der Waals surface area contributed by atoms with Crippen molar-refractivity contribution in [2.24, 2.45) is 0 Å². The van der Waals surface area contributed by atoms with Gasteiger partial charge in [-0.25, -0.2) is 0 Å². The first kappa shape index (κ1) is 16.9. The Hall–Kier alpha value is -0.0800. The lowest BCUT2D eigenvalue weighted by molar-refractivity contribution is -0.105. The predicted octanol–water partition coefficient (Wildman–Crippen LogP) is 4.65. The minimum Gasteiger partial charge on any atom is -0.368 e. The molecule has 0 radical (unpaired) electrons. The van der Waals surface area contributed by atoms with E-state index in [4.69, 9.17) is 4.74 Å². The van der Waals surface area contributed by atoms with E-state index < -0.39 is 6.29 Å². The molecular formula is C15H32O2. The molecule has 0 saturated heterocycles. The Bertz CT molecular complexity index is 137. The van der Waals surface area contributed by atoms with Gasteiger partial charge in [0.05, 0.1) is 0 Å². The fourth-order valence-electron chi connectivity index (χ4n) is 1.93. The van der Waals surface area contributed by atoms with Crippen molar-refractivity contribution >= 4 is 0 Å². The van der Waals surface area contributed by atoms with E-state index in [-0.39, 0.29) is 0 Å². The number of hydrogen-bond donors (Lipinski definition) is 1. The largest absolute Gasteiger partial charge is 0.368 e. The minimum absolute atomic E-state index is 0.525. The second-order valence-corrected chi connectivity index (χ2v) is 4.94. The molecule has 0 aromatic carbocycles. The van der Waals surface area contributed by atoms with Crippen molar-refractivity contribution < 1.29 is 9.84 Å². The molecule has 0 saturated carbocycles. The second-order valence-electron chi connectivity index (χ2n) is 4.94. The zero-order valence-electron chi connectivity index (χ0n) is 11.9. The van der Waals surface area contributed by atoms with Crippen molar-refractivity contribution in [2.45, 2.75) is 90.8 Å². The van der Waals surface area contributed by atoms with E-state index in [0.29, 0.717) is 0 Å². The van der Waals surface area contributed by atoms with Crippen LogP contribution < -0.4 is 0 Å². The maximum absolute atomic E-state index is 9.57. The summed E-state index contributed by atoms with van der Waals surface area (Å²) in [5.41, 5.74) is 0. The van der Waals surface area contributed by atoms with Gasteiger partial charge in [0.15, 0.2) is 6.29 Å². The highest BCUT2D eigenvalue weighted by molar-refractivity contribution is 4.47. The molecule has 0 bridgehead atoms. The van der Waals surface area contributed by atoms with Crippen LogP contribution in [0.15, 0.2) is 0 Å². The van der Waals surface area contributed by atoms with Crippen LogP contribution in [-0.2, 0) is 4.74 Å². The smallest absolute Gasteiger partial charge is 0.154 e. The summed E-state index contributed by atoms with van der Waals surface area (Å²) in [6, 6.07) is 0. The van der Waals surface area contributed by atoms with Gasteiger partial charge in [0, 0.05) is 6.61 Å². The first-order chi connectivity index (χ1) is 8.31. The molecule has 1 N–H and O–H groups in total. The molecule has 0 aromatic heterocycles. The van der Waals surface area contributed by atoms with Gasteiger partial charge in [-0.05, 0) is 19.3 Å². The maximum atomic E-state index is 9.57. The number of hydrogen-bond acceptors (Lipinski definition) is 2. The number of ether oxygens (including phenoxy) is 1. The predicted molar refractivity (Wildman–Crippen MR) is 74.1 cm³/mol. The SMILES string of the molecule is CCCCCCCCOC(O)CCCCCC. The molecule has 2 nitrogen and oxygen atoms in total. The van der Waals surface area contributed by atoms with Crippen LogP contribution in [-0.4, -0.2) is 18.0 Å². The summed E-state index contributed by atoms with van der Waals surface area (Å²) >= 11 is 0. The molecule has 0 amide bonds. The Morgan fingerprint density at radius 2 is 1.29 bits per heavy atom. The molecule has 0 aliphatic carbocycles. The van der Waals surface area contributed by atoms with Crippen molar-refractivity contribution in [2.75, 3.05) is 6.61 Å². The number of aliphatic hydroxyl groups is 1. The van der Waals surface area contributed by atoms with Crippen LogP contribution in [0.3, 0.4) is 0 Å². The third kappa shape index (κ3) is 13.9. The third-order valence-corrected chi connectivity index (χ3v) is 3.11. The van der Waals surface area contributed by atoms with Crippen molar-refractivity contribution in [3.8, 4) is 0 Å². The van der Waals surface area contributed by atoms with Crippen LogP contribution in [0.4, 0.5) is 0 Å². The molecule has 17 heavy (non-hydrogen) atoms. The van der Waals surface area contributed by atoms with E-state index in [9.17, 15) is 5.11 Å². The monoisotopic (exact) mass is 244 g/mol. The summed E-state index contributed by atoms with van der Waals surface area (Å²) < 4.78 is 5.38. The van der Waals surface area contributed by atoms with E-state index in [1.165, 1.54) is 51.4 Å². The third-order valence-electron chi connectivity index (χ3n) is 3.11. The molecule has 0 heterocycles. The summed E-state index contributed by atoms with van der Waals surface area (Å²) in [4.78, 5) is 0. The topological polar surface area (TPSA) is 29.5 Å². The van der Waals surface area contributed by atoms with Crippen LogP contribution in [0.1, 0.15) is 84.5 Å². The first-order valence-corrected chi connectivity index (χ1v) is 7.61. The van der Waals surface area contributed by atoms with Crippen LogP contribution in [0.2, 0.25) is 0 Å². The Balaban J connectivity index is 3.08. The van der Waals surface area contributed by atoms with Gasteiger partial charge in [-0.15, -0.1) is 0 Å². The fourth-order valence-corrected chi connectivity index (χ4v) is 1.93. The minimum atomic E-state index is -0.525. The number of aliphatic hydroxyl groups excluding tert-OH is 1. The van der Waals surface area contributed by atoms with E-state index in [0.717, 1.165) is 25.9 Å². The lowest BCUT2D eigenvalue weighted by Gasteiger charge is -2.11. The van der Waals surface area contributed by atoms with Gasteiger partial charge in [-0.1, -0.05) is 65.2 Å². The van der Waals surface area contributed by atoms with E-state index in [1.54, 1.807) is 0 Å². The summed E-state index contributed by atoms with van der Waals surface area (Å²) in [6.07, 6.45) is 12.7. The molecule has 104 valence electrons. The standard InChI is InChI=1S/C15H32O2/c1-3-5-7-9-10-12-14-17-15(16)13-11-8-6-4-2/h15-16H,3-14H2,1-2H3. The summed E-state index contributed by atoms with van der Waals surface area (Å²) in [5.74, 6) is 0. The zero-order chi connectivity index (χ0) is 12.8. The first-order valence-electron chi connectivity index (χ1n) is 7.61. The van der Waals surface area contributed by atoms with Crippen molar-refractivity contribution in [3.05, 3.63) is 0 Å². The summed E-state index contributed by atoms with van der Waals surface area (Å²) in [7, 11) is 0. The van der Waals surface area contributed by atoms with Gasteiger partial charge < -0.3 is 9.84 Å². The van der Waals surface area contributed by atoms with E-state index in [2.05, 4.69) is 13.8 Å². The molecule has 0 aromatic rings. The number of rotatable bonds is 13. The van der Waals surface area contributed by atoms with E-state index in [1.807, 2.05) is 0 Å². The van der Waals surface area contributed by atoms with Crippen LogP contribution >= 0.6 is 0 Å².